The van der Waals surface area contributed by atoms with Crippen LogP contribution in [0, 0.1) is 11.8 Å². The van der Waals surface area contributed by atoms with Crippen LogP contribution < -0.4 is 0 Å². The van der Waals surface area contributed by atoms with Crippen molar-refractivity contribution in [2.45, 2.75) is 46.1 Å². The van der Waals surface area contributed by atoms with E-state index in [4.69, 9.17) is 14.4 Å². The van der Waals surface area contributed by atoms with E-state index in [1.807, 2.05) is 31.2 Å². The van der Waals surface area contributed by atoms with Gasteiger partial charge in [0.05, 0.1) is 7.11 Å². The first-order valence-electron chi connectivity index (χ1n) is 9.93. The lowest BCUT2D eigenvalue weighted by molar-refractivity contribution is -0.132. The van der Waals surface area contributed by atoms with Gasteiger partial charge in [0.2, 0.25) is 0 Å². The quantitative estimate of drug-likeness (QED) is 0.374. The van der Waals surface area contributed by atoms with Gasteiger partial charge in [-0.05, 0) is 25.7 Å². The largest absolute Gasteiger partial charge is 0.464 e. The molecule has 0 amide bonds. The first-order valence-corrected chi connectivity index (χ1v) is 9.93. The minimum Gasteiger partial charge on any atom is -0.464 e. The van der Waals surface area contributed by atoms with E-state index >= 15 is 0 Å². The molecule has 0 aliphatic heterocycles. The first kappa shape index (κ1) is 22.6. The predicted molar refractivity (Wildman–Crippen MR) is 114 cm³/mol. The van der Waals surface area contributed by atoms with Crippen LogP contribution in [-0.4, -0.2) is 44.4 Å². The van der Waals surface area contributed by atoms with Crippen molar-refractivity contribution in [1.29, 1.82) is 0 Å². The zero-order valence-corrected chi connectivity index (χ0v) is 18.0. The van der Waals surface area contributed by atoms with Crippen LogP contribution in [0.4, 0.5) is 0 Å². The molecule has 29 heavy (non-hydrogen) atoms. The molecule has 0 spiro atoms. The fraction of sp³-hybridized carbons (Fsp3) is 0.545. The molecule has 0 N–H and O–H groups in total. The number of oxime groups is 2. The van der Waals surface area contributed by atoms with E-state index in [-0.39, 0.29) is 12.3 Å². The number of aliphatic imine (C=N–C) groups is 1. The van der Waals surface area contributed by atoms with Crippen molar-refractivity contribution >= 4 is 23.1 Å². The number of nitrogens with zero attached hydrogens (tertiary/aromatic N) is 3. The summed E-state index contributed by atoms with van der Waals surface area (Å²) in [4.78, 5) is 26.7. The Balaban J connectivity index is 2.12. The van der Waals surface area contributed by atoms with E-state index in [1.54, 1.807) is 14.2 Å². The highest BCUT2D eigenvalue weighted by molar-refractivity contribution is 6.43. The molecule has 1 aliphatic carbocycles. The van der Waals surface area contributed by atoms with E-state index in [9.17, 15) is 4.79 Å². The van der Waals surface area contributed by atoms with Gasteiger partial charge in [-0.1, -0.05) is 54.3 Å². The second kappa shape index (κ2) is 11.3. The number of carbonyl (C=O) groups excluding carboxylic acids is 1. The maximum absolute atomic E-state index is 12.0. The lowest BCUT2D eigenvalue weighted by Gasteiger charge is -2.26. The molecule has 0 unspecified atom stereocenters. The van der Waals surface area contributed by atoms with Crippen LogP contribution >= 0.6 is 0 Å². The summed E-state index contributed by atoms with van der Waals surface area (Å²) in [5.74, 6) is 0.605. The Kier molecular flexibility index (Phi) is 8.83. The SMILES string of the molecule is CN=C(C(=O)OC)c1ccccc1CON=C(C)C(=NOC)C1CCC(C)CC1. The molecular formula is C22H31N3O4. The lowest BCUT2D eigenvalue weighted by atomic mass is 9.79. The van der Waals surface area contributed by atoms with Crippen molar-refractivity contribution in [3.05, 3.63) is 35.4 Å². The minimum atomic E-state index is -0.485. The number of rotatable bonds is 8. The van der Waals surface area contributed by atoms with Crippen LogP contribution in [0.1, 0.15) is 50.7 Å². The fourth-order valence-electron chi connectivity index (χ4n) is 3.61. The van der Waals surface area contributed by atoms with Gasteiger partial charge in [0, 0.05) is 24.1 Å². The van der Waals surface area contributed by atoms with Crippen LogP contribution in [0.15, 0.2) is 39.6 Å². The van der Waals surface area contributed by atoms with Gasteiger partial charge < -0.3 is 14.4 Å². The molecular weight excluding hydrogens is 370 g/mol. The fourth-order valence-corrected chi connectivity index (χ4v) is 3.61. The standard InChI is InChI=1S/C22H31N3O4/c1-15-10-12-17(13-11-15)20(25-28-5)16(2)24-29-14-18-8-6-7-9-19(18)21(23-3)22(26)27-4/h6-9,15,17H,10-14H2,1-5H3. The second-order valence-electron chi connectivity index (χ2n) is 7.29. The maximum Gasteiger partial charge on any atom is 0.356 e. The van der Waals surface area contributed by atoms with Crippen LogP contribution in [-0.2, 0) is 25.8 Å². The van der Waals surface area contributed by atoms with Crippen LogP contribution in [0.5, 0.6) is 0 Å². The summed E-state index contributed by atoms with van der Waals surface area (Å²) in [6, 6.07) is 7.41. The van der Waals surface area contributed by atoms with Crippen LogP contribution in [0.25, 0.3) is 0 Å². The van der Waals surface area contributed by atoms with Gasteiger partial charge in [-0.15, -0.1) is 0 Å². The zero-order valence-electron chi connectivity index (χ0n) is 18.0. The molecule has 0 bridgehead atoms. The van der Waals surface area contributed by atoms with Crippen molar-refractivity contribution in [1.82, 2.24) is 0 Å². The molecule has 0 heterocycles. The van der Waals surface area contributed by atoms with E-state index in [1.165, 1.54) is 20.0 Å². The summed E-state index contributed by atoms with van der Waals surface area (Å²) in [7, 11) is 4.45. The number of ether oxygens (including phenoxy) is 1. The Bertz CT molecular complexity index is 778. The Morgan fingerprint density at radius 1 is 1.10 bits per heavy atom. The van der Waals surface area contributed by atoms with Gasteiger partial charge in [-0.25, -0.2) is 4.79 Å². The van der Waals surface area contributed by atoms with E-state index in [2.05, 4.69) is 22.2 Å². The van der Waals surface area contributed by atoms with Gasteiger partial charge in [-0.3, -0.25) is 4.99 Å². The lowest BCUT2D eigenvalue weighted by Crippen LogP contribution is -2.26. The summed E-state index contributed by atoms with van der Waals surface area (Å²) >= 11 is 0. The van der Waals surface area contributed by atoms with Crippen molar-refractivity contribution < 1.29 is 19.2 Å². The molecule has 1 saturated carbocycles. The molecule has 1 aromatic carbocycles. The third-order valence-electron chi connectivity index (χ3n) is 5.26. The Morgan fingerprint density at radius 2 is 1.79 bits per heavy atom. The number of hydrogen-bond donors (Lipinski definition) is 0. The van der Waals surface area contributed by atoms with Gasteiger partial charge in [0.15, 0.2) is 5.71 Å². The van der Waals surface area contributed by atoms with Gasteiger partial charge in [0.1, 0.15) is 25.1 Å². The van der Waals surface area contributed by atoms with Gasteiger partial charge >= 0.3 is 5.97 Å². The molecule has 0 radical (unpaired) electrons. The number of benzene rings is 1. The minimum absolute atomic E-state index is 0.200. The molecule has 0 saturated heterocycles. The van der Waals surface area contributed by atoms with Crippen molar-refractivity contribution in [2.24, 2.45) is 27.1 Å². The topological polar surface area (TPSA) is 81.8 Å². The van der Waals surface area contributed by atoms with E-state index in [0.29, 0.717) is 17.2 Å². The van der Waals surface area contributed by atoms with E-state index < -0.39 is 5.97 Å². The summed E-state index contributed by atoms with van der Waals surface area (Å²) in [6.45, 7) is 4.37. The number of carbonyl (C=O) groups is 1. The average Bonchev–Trinajstić information content (AvgIpc) is 2.74. The van der Waals surface area contributed by atoms with E-state index in [0.717, 1.165) is 30.0 Å². The molecule has 158 valence electrons. The summed E-state index contributed by atoms with van der Waals surface area (Å²) in [6.07, 6.45) is 4.52. The molecule has 1 aromatic rings. The van der Waals surface area contributed by atoms with Crippen LogP contribution in [0.3, 0.4) is 0 Å². The molecule has 1 aliphatic rings. The van der Waals surface area contributed by atoms with Gasteiger partial charge in [-0.2, -0.15) is 0 Å². The average molecular weight is 402 g/mol. The van der Waals surface area contributed by atoms with Crippen molar-refractivity contribution in [3.8, 4) is 0 Å². The molecule has 7 heteroatoms. The monoisotopic (exact) mass is 401 g/mol. The van der Waals surface area contributed by atoms with Crippen molar-refractivity contribution in [3.63, 3.8) is 0 Å². The predicted octanol–water partition coefficient (Wildman–Crippen LogP) is 4.00. The molecule has 0 aromatic heterocycles. The smallest absolute Gasteiger partial charge is 0.356 e. The third-order valence-corrected chi connectivity index (χ3v) is 5.26. The number of esters is 1. The highest BCUT2D eigenvalue weighted by Gasteiger charge is 2.25. The highest BCUT2D eigenvalue weighted by atomic mass is 16.6. The third kappa shape index (κ3) is 6.14. The number of methoxy groups -OCH3 is 1. The summed E-state index contributed by atoms with van der Waals surface area (Å²) < 4.78 is 4.82. The van der Waals surface area contributed by atoms with Crippen LogP contribution in [0.2, 0.25) is 0 Å². The number of hydrogen-bond acceptors (Lipinski definition) is 7. The molecule has 1 fully saturated rings. The zero-order chi connectivity index (χ0) is 21.2. The Hall–Kier alpha value is -2.70. The Morgan fingerprint density at radius 3 is 2.41 bits per heavy atom. The molecule has 2 rings (SSSR count). The normalized spacial score (nSPS) is 20.9. The molecule has 7 nitrogen and oxygen atoms in total. The van der Waals surface area contributed by atoms with Crippen molar-refractivity contribution in [2.75, 3.05) is 21.3 Å². The summed E-state index contributed by atoms with van der Waals surface area (Å²) in [5.41, 5.74) is 3.28. The highest BCUT2D eigenvalue weighted by Crippen LogP contribution is 2.29. The summed E-state index contributed by atoms with van der Waals surface area (Å²) in [5, 5.41) is 8.49. The Labute approximate surface area is 172 Å². The molecule has 0 atom stereocenters. The van der Waals surface area contributed by atoms with Gasteiger partial charge in [0.25, 0.3) is 0 Å². The second-order valence-corrected chi connectivity index (χ2v) is 7.29. The maximum atomic E-state index is 12.0. The first-order chi connectivity index (χ1) is 14.0.